The van der Waals surface area contributed by atoms with E-state index in [0.29, 0.717) is 6.42 Å². The summed E-state index contributed by atoms with van der Waals surface area (Å²) in [5.41, 5.74) is 0.0994. The highest BCUT2D eigenvalue weighted by Gasteiger charge is 2.27. The van der Waals surface area contributed by atoms with Crippen molar-refractivity contribution in [2.45, 2.75) is 26.7 Å². The summed E-state index contributed by atoms with van der Waals surface area (Å²) in [6, 6.07) is 7.30. The highest BCUT2D eigenvalue weighted by molar-refractivity contribution is 6.06. The number of carbonyl (C=O) groups is 2. The zero-order chi connectivity index (χ0) is 20.8. The van der Waals surface area contributed by atoms with Crippen molar-refractivity contribution in [2.24, 2.45) is 0 Å². The van der Waals surface area contributed by atoms with Crippen LogP contribution in [-0.2, 0) is 4.74 Å². The van der Waals surface area contributed by atoms with Gasteiger partial charge < -0.3 is 9.84 Å². The van der Waals surface area contributed by atoms with Gasteiger partial charge in [-0.3, -0.25) is 15.1 Å². The van der Waals surface area contributed by atoms with E-state index in [1.54, 1.807) is 0 Å². The summed E-state index contributed by atoms with van der Waals surface area (Å²) in [4.78, 5) is 39.2. The predicted octanol–water partition coefficient (Wildman–Crippen LogP) is 3.43. The molecule has 144 valence electrons. The molecule has 0 fully saturated rings. The summed E-state index contributed by atoms with van der Waals surface area (Å²) < 4.78 is 5.17. The molecule has 0 spiro atoms. The molecule has 0 saturated carbocycles. The van der Waals surface area contributed by atoms with Crippen molar-refractivity contribution in [3.8, 4) is 17.2 Å². The number of aryl methyl sites for hydroxylation is 2. The molecule has 1 N–H and O–H groups in total. The Morgan fingerprint density at radius 2 is 1.96 bits per heavy atom. The fourth-order valence-corrected chi connectivity index (χ4v) is 2.81. The Morgan fingerprint density at radius 3 is 2.57 bits per heavy atom. The number of unbranched alkanes of at least 4 members (excludes halogenated alkanes) is 1. The third kappa shape index (κ3) is 4.29. The maximum absolute atomic E-state index is 12.7. The number of carboxylic acid groups (broad SMARTS) is 1. The fourth-order valence-electron chi connectivity index (χ4n) is 2.81. The molecule has 2 rings (SSSR count). The highest BCUT2D eigenvalue weighted by atomic mass is 16.6. The van der Waals surface area contributed by atoms with Crippen molar-refractivity contribution in [1.29, 1.82) is 5.26 Å². The van der Waals surface area contributed by atoms with Gasteiger partial charge >= 0.3 is 11.9 Å². The number of carbonyl (C=O) groups excluding carboxylic acids is 1. The fraction of sp³-hybridized carbons (Fsp3) is 0.263. The molecular weight excluding hydrogens is 366 g/mol. The number of aromatic carboxylic acids is 1. The maximum Gasteiger partial charge on any atom is 0.340 e. The molecule has 0 atom stereocenters. The molecule has 0 saturated heterocycles. The Hall–Kier alpha value is -3.80. The molecule has 2 aromatic rings. The lowest BCUT2D eigenvalue weighted by Crippen LogP contribution is -2.16. The number of carboxylic acids is 1. The van der Waals surface area contributed by atoms with Gasteiger partial charge in [0.1, 0.15) is 0 Å². The minimum absolute atomic E-state index is 0.0174. The van der Waals surface area contributed by atoms with Gasteiger partial charge in [-0.25, -0.2) is 9.59 Å². The molecule has 0 amide bonds. The van der Waals surface area contributed by atoms with Crippen LogP contribution in [0.25, 0.3) is 11.1 Å². The number of benzene rings is 1. The van der Waals surface area contributed by atoms with Crippen molar-refractivity contribution >= 4 is 17.6 Å². The number of esters is 1. The molecular formula is C19H17N3O6. The van der Waals surface area contributed by atoms with Gasteiger partial charge in [-0.1, -0.05) is 12.1 Å². The molecule has 0 aliphatic heterocycles. The molecule has 0 radical (unpaired) electrons. The molecule has 28 heavy (non-hydrogen) atoms. The Labute approximate surface area is 160 Å². The van der Waals surface area contributed by atoms with E-state index in [1.807, 2.05) is 6.07 Å². The van der Waals surface area contributed by atoms with E-state index in [-0.39, 0.29) is 52.4 Å². The first-order valence-electron chi connectivity index (χ1n) is 8.31. The van der Waals surface area contributed by atoms with E-state index in [0.717, 1.165) is 0 Å². The largest absolute Gasteiger partial charge is 0.478 e. The predicted molar refractivity (Wildman–Crippen MR) is 97.9 cm³/mol. The zero-order valence-corrected chi connectivity index (χ0v) is 15.3. The second-order valence-corrected chi connectivity index (χ2v) is 5.92. The Balaban J connectivity index is 2.68. The third-order valence-corrected chi connectivity index (χ3v) is 3.99. The maximum atomic E-state index is 12.7. The van der Waals surface area contributed by atoms with Gasteiger partial charge in [0.15, 0.2) is 0 Å². The molecule has 0 aliphatic carbocycles. The first-order valence-corrected chi connectivity index (χ1v) is 8.31. The Kier molecular flexibility index (Phi) is 6.39. The standard InChI is InChI=1S/C19H17N3O6/c1-11-15(18(23)24)17(13-6-5-7-14(10-13)22(26)27)16(12(2)21-11)19(25)28-9-4-3-8-20/h5-7,10H,3-4,9H2,1-2H3,(H,23,24). The molecule has 1 aromatic carbocycles. The van der Waals surface area contributed by atoms with Crippen molar-refractivity contribution in [2.75, 3.05) is 6.61 Å². The number of nitriles is 1. The van der Waals surface area contributed by atoms with Crippen LogP contribution in [0.3, 0.4) is 0 Å². The van der Waals surface area contributed by atoms with Crippen LogP contribution in [0.15, 0.2) is 24.3 Å². The lowest BCUT2D eigenvalue weighted by atomic mass is 9.92. The molecule has 9 heteroatoms. The minimum atomic E-state index is -1.31. The number of pyridine rings is 1. The Morgan fingerprint density at radius 1 is 1.29 bits per heavy atom. The smallest absolute Gasteiger partial charge is 0.340 e. The van der Waals surface area contributed by atoms with E-state index in [2.05, 4.69) is 4.98 Å². The highest BCUT2D eigenvalue weighted by Crippen LogP contribution is 2.33. The van der Waals surface area contributed by atoms with Crippen molar-refractivity contribution in [1.82, 2.24) is 4.98 Å². The average Bonchev–Trinajstić information content (AvgIpc) is 2.64. The van der Waals surface area contributed by atoms with Gasteiger partial charge in [-0.15, -0.1) is 0 Å². The van der Waals surface area contributed by atoms with Crippen LogP contribution in [0.1, 0.15) is 44.9 Å². The summed E-state index contributed by atoms with van der Waals surface area (Å²) in [5.74, 6) is -2.11. The van der Waals surface area contributed by atoms with Gasteiger partial charge in [0.2, 0.25) is 0 Å². The second kappa shape index (κ2) is 8.73. The number of ether oxygens (including phenoxy) is 1. The van der Waals surface area contributed by atoms with Crippen LogP contribution >= 0.6 is 0 Å². The van der Waals surface area contributed by atoms with Crippen molar-refractivity contribution in [3.05, 3.63) is 56.9 Å². The third-order valence-electron chi connectivity index (χ3n) is 3.99. The van der Waals surface area contributed by atoms with Crippen LogP contribution in [-0.4, -0.2) is 33.6 Å². The summed E-state index contributed by atoms with van der Waals surface area (Å²) in [5, 5.41) is 29.3. The van der Waals surface area contributed by atoms with E-state index in [4.69, 9.17) is 10.00 Å². The van der Waals surface area contributed by atoms with Gasteiger partial charge in [0, 0.05) is 24.1 Å². The van der Waals surface area contributed by atoms with Crippen LogP contribution in [0, 0.1) is 35.3 Å². The monoisotopic (exact) mass is 383 g/mol. The van der Waals surface area contributed by atoms with Crippen molar-refractivity contribution < 1.29 is 24.4 Å². The van der Waals surface area contributed by atoms with Gasteiger partial charge in [0.05, 0.1) is 40.1 Å². The van der Waals surface area contributed by atoms with Crippen molar-refractivity contribution in [3.63, 3.8) is 0 Å². The summed E-state index contributed by atoms with van der Waals surface area (Å²) in [6.07, 6.45) is 0.537. The second-order valence-electron chi connectivity index (χ2n) is 5.92. The lowest BCUT2D eigenvalue weighted by molar-refractivity contribution is -0.384. The first-order chi connectivity index (χ1) is 13.3. The molecule has 1 heterocycles. The molecule has 9 nitrogen and oxygen atoms in total. The summed E-state index contributed by atoms with van der Waals surface area (Å²) in [7, 11) is 0. The minimum Gasteiger partial charge on any atom is -0.478 e. The topological polar surface area (TPSA) is 143 Å². The zero-order valence-electron chi connectivity index (χ0n) is 15.3. The van der Waals surface area contributed by atoms with E-state index in [9.17, 15) is 24.8 Å². The lowest BCUT2D eigenvalue weighted by Gasteiger charge is -2.16. The Bertz CT molecular complexity index is 994. The van der Waals surface area contributed by atoms with Crippen LogP contribution in [0.4, 0.5) is 5.69 Å². The first kappa shape index (κ1) is 20.5. The number of non-ortho nitro benzene ring substituents is 1. The van der Waals surface area contributed by atoms with Crippen LogP contribution in [0.5, 0.6) is 0 Å². The number of hydrogen-bond donors (Lipinski definition) is 1. The SMILES string of the molecule is Cc1nc(C)c(C(=O)OCCCC#N)c(-c2cccc([N+](=O)[O-])c2)c1C(=O)O. The number of rotatable bonds is 7. The van der Waals surface area contributed by atoms with Gasteiger partial charge in [-0.05, 0) is 25.8 Å². The normalized spacial score (nSPS) is 10.2. The summed E-state index contributed by atoms with van der Waals surface area (Å²) in [6.45, 7) is 3.00. The van der Waals surface area contributed by atoms with Gasteiger partial charge in [0.25, 0.3) is 5.69 Å². The van der Waals surface area contributed by atoms with E-state index >= 15 is 0 Å². The van der Waals surface area contributed by atoms with Gasteiger partial charge in [-0.2, -0.15) is 5.26 Å². The quantitative estimate of drug-likeness (QED) is 0.331. The number of nitrogens with zero attached hydrogens (tertiary/aromatic N) is 3. The number of nitro benzene ring substituents is 1. The average molecular weight is 383 g/mol. The number of hydrogen-bond acceptors (Lipinski definition) is 7. The van der Waals surface area contributed by atoms with E-state index in [1.165, 1.54) is 38.1 Å². The van der Waals surface area contributed by atoms with Crippen LogP contribution < -0.4 is 0 Å². The molecule has 0 bridgehead atoms. The van der Waals surface area contributed by atoms with Crippen LogP contribution in [0.2, 0.25) is 0 Å². The molecule has 0 unspecified atom stereocenters. The molecule has 1 aromatic heterocycles. The number of nitro groups is 1. The summed E-state index contributed by atoms with van der Waals surface area (Å²) >= 11 is 0. The number of aromatic nitrogens is 1. The van der Waals surface area contributed by atoms with E-state index < -0.39 is 16.9 Å². The molecule has 0 aliphatic rings.